The van der Waals surface area contributed by atoms with Crippen molar-refractivity contribution in [2.45, 2.75) is 77.7 Å². The topological polar surface area (TPSA) is 123 Å². The lowest BCUT2D eigenvalue weighted by Crippen LogP contribution is -2.42. The van der Waals surface area contributed by atoms with E-state index in [-0.39, 0.29) is 34.1 Å². The SMILES string of the molecule is Cc1cnc(Nc2cc(Cl)c(B(O)O)c(CO[Si](C)(C)C(C)(C)C)c2)nc1NC1CCCC1C#N. The number of nitrogens with one attached hydrogen (secondary N) is 2. The van der Waals surface area contributed by atoms with Crippen LogP contribution in [-0.4, -0.2) is 41.5 Å². The van der Waals surface area contributed by atoms with Gasteiger partial charge in [0.15, 0.2) is 8.32 Å². The van der Waals surface area contributed by atoms with Crippen molar-refractivity contribution < 1.29 is 14.5 Å². The summed E-state index contributed by atoms with van der Waals surface area (Å²) in [5.41, 5.74) is 2.32. The number of nitrogens with zero attached hydrogens (tertiary/aromatic N) is 3. The summed E-state index contributed by atoms with van der Waals surface area (Å²) in [6, 6.07) is 5.85. The molecule has 2 aromatic rings. The van der Waals surface area contributed by atoms with Gasteiger partial charge in [-0.25, -0.2) is 4.98 Å². The summed E-state index contributed by atoms with van der Waals surface area (Å²) in [7, 11) is -3.80. The largest absolute Gasteiger partial charge is 0.490 e. The third kappa shape index (κ3) is 6.54. The second-order valence-corrected chi connectivity index (χ2v) is 15.9. The molecular formula is C24H35BClN5O3Si. The number of hydrogen-bond acceptors (Lipinski definition) is 8. The van der Waals surface area contributed by atoms with Crippen LogP contribution in [0.25, 0.3) is 0 Å². The summed E-state index contributed by atoms with van der Waals surface area (Å²) in [5.74, 6) is 1.03. The van der Waals surface area contributed by atoms with Crippen LogP contribution in [0.3, 0.4) is 0 Å². The highest BCUT2D eigenvalue weighted by Crippen LogP contribution is 2.37. The molecule has 1 aliphatic rings. The number of rotatable bonds is 8. The Balaban J connectivity index is 1.86. The standard InChI is InChI=1S/C24H35BClN5O3Si/c1-15-13-28-23(31-22(15)30-20-9-7-8-16(20)12-27)29-18-10-17(21(25(32)33)19(26)11-18)14-34-35(5,6)24(2,3)4/h10-11,13,16,20,32-33H,7-9,14H2,1-6H3,(H2,28,29,30,31). The van der Waals surface area contributed by atoms with Gasteiger partial charge in [-0.05, 0) is 62.0 Å². The van der Waals surface area contributed by atoms with E-state index in [4.69, 9.17) is 16.0 Å². The van der Waals surface area contributed by atoms with Crippen LogP contribution in [0, 0.1) is 24.2 Å². The van der Waals surface area contributed by atoms with Gasteiger partial charge in [0.1, 0.15) is 5.82 Å². The summed E-state index contributed by atoms with van der Waals surface area (Å²) >= 11 is 6.45. The first-order chi connectivity index (χ1) is 16.3. The first kappa shape index (κ1) is 27.4. The van der Waals surface area contributed by atoms with Gasteiger partial charge in [-0.15, -0.1) is 0 Å². The van der Waals surface area contributed by atoms with Crippen LogP contribution < -0.4 is 16.1 Å². The number of nitriles is 1. The third-order valence-electron chi connectivity index (χ3n) is 7.10. The molecule has 0 saturated heterocycles. The van der Waals surface area contributed by atoms with Crippen molar-refractivity contribution in [3.8, 4) is 6.07 Å². The highest BCUT2D eigenvalue weighted by Gasteiger charge is 2.37. The van der Waals surface area contributed by atoms with E-state index < -0.39 is 15.4 Å². The highest BCUT2D eigenvalue weighted by molar-refractivity contribution is 6.74. The lowest BCUT2D eigenvalue weighted by Gasteiger charge is -2.36. The normalized spacial score (nSPS) is 18.3. The average Bonchev–Trinajstić information content (AvgIpc) is 3.20. The Morgan fingerprint density at radius 2 is 2.00 bits per heavy atom. The highest BCUT2D eigenvalue weighted by atomic mass is 35.5. The molecule has 1 aromatic carbocycles. The molecule has 1 heterocycles. The van der Waals surface area contributed by atoms with E-state index in [9.17, 15) is 15.3 Å². The number of halogens is 1. The van der Waals surface area contributed by atoms with Crippen molar-refractivity contribution in [2.75, 3.05) is 10.6 Å². The minimum Gasteiger partial charge on any atom is -0.423 e. The smallest absolute Gasteiger partial charge is 0.423 e. The Bertz CT molecular complexity index is 1100. The summed E-state index contributed by atoms with van der Waals surface area (Å²) in [6.45, 7) is 12.9. The Labute approximate surface area is 214 Å². The molecule has 0 radical (unpaired) electrons. The van der Waals surface area contributed by atoms with Crippen molar-refractivity contribution in [1.82, 2.24) is 9.97 Å². The predicted molar refractivity (Wildman–Crippen MR) is 144 cm³/mol. The third-order valence-corrected chi connectivity index (χ3v) is 11.9. The molecule has 0 amide bonds. The van der Waals surface area contributed by atoms with E-state index in [2.05, 4.69) is 60.5 Å². The van der Waals surface area contributed by atoms with Crippen molar-refractivity contribution >= 4 is 50.0 Å². The second kappa shape index (κ2) is 10.8. The van der Waals surface area contributed by atoms with Crippen molar-refractivity contribution in [3.63, 3.8) is 0 Å². The van der Waals surface area contributed by atoms with E-state index in [1.54, 1.807) is 18.3 Å². The number of aryl methyl sites for hydroxylation is 1. The average molecular weight is 516 g/mol. The van der Waals surface area contributed by atoms with Gasteiger partial charge >= 0.3 is 7.12 Å². The van der Waals surface area contributed by atoms with Crippen LogP contribution in [0.15, 0.2) is 18.3 Å². The molecule has 0 bridgehead atoms. The summed E-state index contributed by atoms with van der Waals surface area (Å²) in [6.07, 6.45) is 4.57. The van der Waals surface area contributed by atoms with Crippen LogP contribution in [0.5, 0.6) is 0 Å². The summed E-state index contributed by atoms with van der Waals surface area (Å²) < 4.78 is 6.32. The van der Waals surface area contributed by atoms with Crippen molar-refractivity contribution in [1.29, 1.82) is 5.26 Å². The molecule has 0 aliphatic heterocycles. The first-order valence-corrected chi connectivity index (χ1v) is 15.2. The molecule has 2 atom stereocenters. The zero-order valence-corrected chi connectivity index (χ0v) is 23.1. The molecule has 1 aromatic heterocycles. The zero-order valence-electron chi connectivity index (χ0n) is 21.3. The predicted octanol–water partition coefficient (Wildman–Crippen LogP) is 4.49. The van der Waals surface area contributed by atoms with Gasteiger partial charge in [-0.3, -0.25) is 0 Å². The van der Waals surface area contributed by atoms with Gasteiger partial charge in [0.2, 0.25) is 5.95 Å². The number of aromatic nitrogens is 2. The van der Waals surface area contributed by atoms with Crippen LogP contribution in [0.4, 0.5) is 17.5 Å². The molecule has 1 fully saturated rings. The van der Waals surface area contributed by atoms with E-state index >= 15 is 0 Å². The number of benzene rings is 1. The maximum atomic E-state index is 9.95. The minimum atomic E-state index is -2.08. The molecule has 3 rings (SSSR count). The maximum absolute atomic E-state index is 9.95. The van der Waals surface area contributed by atoms with Crippen LogP contribution >= 0.6 is 11.6 Å². The van der Waals surface area contributed by atoms with Crippen LogP contribution in [0.2, 0.25) is 23.2 Å². The fraction of sp³-hybridized carbons (Fsp3) is 0.542. The van der Waals surface area contributed by atoms with E-state index in [1.165, 1.54) is 0 Å². The van der Waals surface area contributed by atoms with Gasteiger partial charge in [0, 0.05) is 34.0 Å². The lowest BCUT2D eigenvalue weighted by atomic mass is 9.77. The molecular weight excluding hydrogens is 481 g/mol. The molecule has 35 heavy (non-hydrogen) atoms. The van der Waals surface area contributed by atoms with E-state index in [0.29, 0.717) is 23.0 Å². The van der Waals surface area contributed by atoms with Crippen molar-refractivity contribution in [3.05, 3.63) is 34.5 Å². The quantitative estimate of drug-likeness (QED) is 0.379. The minimum absolute atomic E-state index is 0.00760. The molecule has 11 heteroatoms. The molecule has 0 spiro atoms. The second-order valence-electron chi connectivity index (χ2n) is 10.7. The molecule has 188 valence electrons. The Kier molecular flexibility index (Phi) is 8.50. The molecule has 8 nitrogen and oxygen atoms in total. The Morgan fingerprint density at radius 1 is 1.29 bits per heavy atom. The van der Waals surface area contributed by atoms with Crippen LogP contribution in [-0.2, 0) is 11.0 Å². The number of anilines is 3. The molecule has 1 saturated carbocycles. The monoisotopic (exact) mass is 515 g/mol. The van der Waals surface area contributed by atoms with Crippen molar-refractivity contribution in [2.24, 2.45) is 5.92 Å². The molecule has 1 aliphatic carbocycles. The zero-order chi connectivity index (χ0) is 26.0. The maximum Gasteiger partial charge on any atom is 0.490 e. The summed E-state index contributed by atoms with van der Waals surface area (Å²) in [5, 5.41) is 36.1. The first-order valence-electron chi connectivity index (χ1n) is 11.9. The van der Waals surface area contributed by atoms with Gasteiger partial charge in [0.25, 0.3) is 0 Å². The van der Waals surface area contributed by atoms with E-state index in [1.807, 2.05) is 6.92 Å². The summed E-state index contributed by atoms with van der Waals surface area (Å²) in [4.78, 5) is 9.01. The van der Waals surface area contributed by atoms with E-state index in [0.717, 1.165) is 24.8 Å². The lowest BCUT2D eigenvalue weighted by molar-refractivity contribution is 0.276. The fourth-order valence-corrected chi connectivity index (χ4v) is 5.16. The molecule has 2 unspecified atom stereocenters. The van der Waals surface area contributed by atoms with Gasteiger partial charge in [0.05, 0.1) is 18.6 Å². The van der Waals surface area contributed by atoms with Crippen LogP contribution in [0.1, 0.15) is 51.2 Å². The number of hydrogen-bond donors (Lipinski definition) is 4. The van der Waals surface area contributed by atoms with Gasteiger partial charge in [-0.2, -0.15) is 10.2 Å². The Hall–Kier alpha value is -2.16. The van der Waals surface area contributed by atoms with Gasteiger partial charge < -0.3 is 25.1 Å². The fourth-order valence-electron chi connectivity index (χ4n) is 3.87. The van der Waals surface area contributed by atoms with Gasteiger partial charge in [-0.1, -0.05) is 32.4 Å². The Morgan fingerprint density at radius 3 is 2.63 bits per heavy atom. The molecule has 4 N–H and O–H groups in total.